The average Bonchev–Trinajstić information content (AvgIpc) is 3.29. The van der Waals surface area contributed by atoms with Crippen LogP contribution in [0.1, 0.15) is 16.6 Å². The average molecular weight is 441 g/mol. The normalized spacial score (nSPS) is 11.8. The third-order valence-electron chi connectivity index (χ3n) is 4.30. The highest BCUT2D eigenvalue weighted by Gasteiger charge is 2.15. The van der Waals surface area contributed by atoms with Gasteiger partial charge < -0.3 is 9.30 Å². The van der Waals surface area contributed by atoms with Crippen LogP contribution in [0.3, 0.4) is 0 Å². The summed E-state index contributed by atoms with van der Waals surface area (Å²) in [5.74, 6) is -0.882. The van der Waals surface area contributed by atoms with Gasteiger partial charge >= 0.3 is 5.97 Å². The molecule has 10 heteroatoms. The lowest BCUT2D eigenvalue weighted by Gasteiger charge is -2.04. The molecule has 0 saturated heterocycles. The molecule has 0 aliphatic carbocycles. The Hall–Kier alpha value is -3.37. The molecule has 2 heterocycles. The number of hydrogen-bond acceptors (Lipinski definition) is 7. The fourth-order valence-electron chi connectivity index (χ4n) is 2.99. The van der Waals surface area contributed by atoms with E-state index in [1.165, 1.54) is 34.8 Å². The maximum absolute atomic E-state index is 12.8. The second-order valence-electron chi connectivity index (χ2n) is 6.25. The van der Waals surface area contributed by atoms with Crippen molar-refractivity contribution in [1.29, 1.82) is 0 Å². The van der Waals surface area contributed by atoms with E-state index in [9.17, 15) is 19.7 Å². The summed E-state index contributed by atoms with van der Waals surface area (Å²) in [7, 11) is 0. The van der Waals surface area contributed by atoms with Crippen LogP contribution in [0.5, 0.6) is 0 Å². The van der Waals surface area contributed by atoms with Crippen molar-refractivity contribution in [3.05, 3.63) is 68.3 Å². The van der Waals surface area contributed by atoms with Crippen LogP contribution in [0.15, 0.2) is 53.5 Å². The van der Waals surface area contributed by atoms with E-state index in [0.717, 1.165) is 14.9 Å². The number of carbonyl (C=O) groups is 2. The summed E-state index contributed by atoms with van der Waals surface area (Å²) < 4.78 is 8.35. The SMILES string of the molecule is CCOC(=O)Cn1c(=NC(=O)c2cc3cc([N+](=O)[O-])ccc3s2)sc2ccccc21. The third kappa shape index (κ3) is 3.87. The molecular weight excluding hydrogens is 426 g/mol. The van der Waals surface area contributed by atoms with Gasteiger partial charge in [0.05, 0.1) is 26.6 Å². The molecule has 0 spiro atoms. The molecule has 152 valence electrons. The number of thiophene rings is 1. The number of fused-ring (bicyclic) bond motifs is 2. The molecule has 0 atom stereocenters. The van der Waals surface area contributed by atoms with Gasteiger partial charge in [0.2, 0.25) is 0 Å². The van der Waals surface area contributed by atoms with Crippen molar-refractivity contribution in [1.82, 2.24) is 4.57 Å². The number of benzene rings is 2. The van der Waals surface area contributed by atoms with Crippen LogP contribution < -0.4 is 4.80 Å². The first-order valence-corrected chi connectivity index (χ1v) is 10.6. The van der Waals surface area contributed by atoms with Gasteiger partial charge in [-0.3, -0.25) is 19.7 Å². The molecule has 0 aliphatic rings. The molecule has 1 amide bonds. The van der Waals surface area contributed by atoms with Crippen LogP contribution in [0.4, 0.5) is 5.69 Å². The smallest absolute Gasteiger partial charge is 0.326 e. The Labute approximate surface area is 177 Å². The quantitative estimate of drug-likeness (QED) is 0.263. The van der Waals surface area contributed by atoms with Crippen LogP contribution in [0.25, 0.3) is 20.3 Å². The number of thiazole rings is 1. The number of rotatable bonds is 5. The zero-order valence-corrected chi connectivity index (χ0v) is 17.4. The molecule has 0 aliphatic heterocycles. The number of para-hydroxylation sites is 1. The Kier molecular flexibility index (Phi) is 5.42. The van der Waals surface area contributed by atoms with Crippen molar-refractivity contribution >= 4 is 60.5 Å². The third-order valence-corrected chi connectivity index (χ3v) is 6.46. The van der Waals surface area contributed by atoms with Crippen molar-refractivity contribution in [2.45, 2.75) is 13.5 Å². The summed E-state index contributed by atoms with van der Waals surface area (Å²) in [4.78, 5) is 40.4. The zero-order chi connectivity index (χ0) is 21.3. The van der Waals surface area contributed by atoms with Gasteiger partial charge in [0, 0.05) is 22.2 Å². The molecule has 2 aromatic carbocycles. The number of nitro groups is 1. The Morgan fingerprint density at radius 1 is 1.13 bits per heavy atom. The molecular formula is C20H15N3O5S2. The molecule has 4 rings (SSSR count). The number of amides is 1. The van der Waals surface area contributed by atoms with Gasteiger partial charge in [-0.2, -0.15) is 4.99 Å². The van der Waals surface area contributed by atoms with Crippen LogP contribution in [0.2, 0.25) is 0 Å². The highest BCUT2D eigenvalue weighted by Crippen LogP contribution is 2.29. The predicted molar refractivity (Wildman–Crippen MR) is 115 cm³/mol. The fourth-order valence-corrected chi connectivity index (χ4v) is 4.94. The molecule has 0 radical (unpaired) electrons. The highest BCUT2D eigenvalue weighted by atomic mass is 32.1. The molecule has 4 aromatic rings. The maximum atomic E-state index is 12.8. The Balaban J connectivity index is 1.77. The Bertz CT molecular complexity index is 1370. The fraction of sp³-hybridized carbons (Fsp3) is 0.150. The lowest BCUT2D eigenvalue weighted by atomic mass is 10.2. The largest absolute Gasteiger partial charge is 0.465 e. The molecule has 2 aromatic heterocycles. The second kappa shape index (κ2) is 8.17. The van der Waals surface area contributed by atoms with Gasteiger partial charge in [0.25, 0.3) is 11.6 Å². The summed E-state index contributed by atoms with van der Waals surface area (Å²) in [6.45, 7) is 1.94. The maximum Gasteiger partial charge on any atom is 0.326 e. The van der Waals surface area contributed by atoms with E-state index in [4.69, 9.17) is 4.74 Å². The van der Waals surface area contributed by atoms with E-state index in [2.05, 4.69) is 4.99 Å². The molecule has 30 heavy (non-hydrogen) atoms. The van der Waals surface area contributed by atoms with E-state index in [-0.39, 0.29) is 18.8 Å². The van der Waals surface area contributed by atoms with Crippen molar-refractivity contribution < 1.29 is 19.2 Å². The van der Waals surface area contributed by atoms with Gasteiger partial charge in [0.1, 0.15) is 6.54 Å². The summed E-state index contributed by atoms with van der Waals surface area (Å²) in [6, 6.07) is 13.5. The van der Waals surface area contributed by atoms with E-state index in [1.54, 1.807) is 23.6 Å². The molecule has 0 unspecified atom stereocenters. The van der Waals surface area contributed by atoms with Crippen molar-refractivity contribution in [2.24, 2.45) is 4.99 Å². The second-order valence-corrected chi connectivity index (χ2v) is 8.34. The van der Waals surface area contributed by atoms with E-state index in [0.29, 0.717) is 15.1 Å². The first-order chi connectivity index (χ1) is 14.5. The molecule has 8 nitrogen and oxygen atoms in total. The molecule has 0 bridgehead atoms. The van der Waals surface area contributed by atoms with E-state index >= 15 is 0 Å². The molecule has 0 fully saturated rings. The first-order valence-electron chi connectivity index (χ1n) is 8.97. The molecule has 0 saturated carbocycles. The standard InChI is InChI=1S/C20H15N3O5S2/c1-2-28-18(24)11-22-14-5-3-4-6-16(14)30-20(22)21-19(25)17-10-12-9-13(23(26)27)7-8-15(12)29-17/h3-10H,2,11H2,1H3. The highest BCUT2D eigenvalue weighted by molar-refractivity contribution is 7.21. The number of carbonyl (C=O) groups excluding carboxylic acids is 2. The van der Waals surface area contributed by atoms with Crippen molar-refractivity contribution in [2.75, 3.05) is 6.61 Å². The first kappa shape index (κ1) is 19.9. The van der Waals surface area contributed by atoms with Crippen LogP contribution in [-0.2, 0) is 16.1 Å². The Morgan fingerprint density at radius 3 is 2.70 bits per heavy atom. The number of ether oxygens (including phenoxy) is 1. The number of hydrogen-bond donors (Lipinski definition) is 0. The van der Waals surface area contributed by atoms with Crippen molar-refractivity contribution in [3.63, 3.8) is 0 Å². The topological polar surface area (TPSA) is 104 Å². The molecule has 0 N–H and O–H groups in total. The van der Waals surface area contributed by atoms with E-state index < -0.39 is 16.8 Å². The number of non-ortho nitro benzene ring substituents is 1. The number of nitro benzene ring substituents is 1. The minimum atomic E-state index is -0.474. The lowest BCUT2D eigenvalue weighted by molar-refractivity contribution is -0.384. The minimum Gasteiger partial charge on any atom is -0.465 e. The van der Waals surface area contributed by atoms with Gasteiger partial charge in [-0.05, 0) is 31.2 Å². The van der Waals surface area contributed by atoms with Crippen LogP contribution in [0, 0.1) is 10.1 Å². The number of esters is 1. The summed E-state index contributed by atoms with van der Waals surface area (Å²) in [5.41, 5.74) is 0.752. The zero-order valence-electron chi connectivity index (χ0n) is 15.7. The van der Waals surface area contributed by atoms with Gasteiger partial charge in [0.15, 0.2) is 4.80 Å². The number of nitrogens with zero attached hydrogens (tertiary/aromatic N) is 3. The monoisotopic (exact) mass is 441 g/mol. The van der Waals surface area contributed by atoms with Crippen molar-refractivity contribution in [3.8, 4) is 0 Å². The van der Waals surface area contributed by atoms with Gasteiger partial charge in [-0.1, -0.05) is 23.5 Å². The van der Waals surface area contributed by atoms with E-state index in [1.807, 2.05) is 24.3 Å². The lowest BCUT2D eigenvalue weighted by Crippen LogP contribution is -2.23. The van der Waals surface area contributed by atoms with Crippen LogP contribution in [-0.4, -0.2) is 28.0 Å². The summed E-state index contributed by atoms with van der Waals surface area (Å²) in [6.07, 6.45) is 0. The summed E-state index contributed by atoms with van der Waals surface area (Å²) in [5, 5.41) is 11.6. The van der Waals surface area contributed by atoms with Gasteiger partial charge in [-0.25, -0.2) is 0 Å². The minimum absolute atomic E-state index is 0.0342. The Morgan fingerprint density at radius 2 is 1.93 bits per heavy atom. The number of aromatic nitrogens is 1. The van der Waals surface area contributed by atoms with Crippen LogP contribution >= 0.6 is 22.7 Å². The van der Waals surface area contributed by atoms with Gasteiger partial charge in [-0.15, -0.1) is 11.3 Å². The summed E-state index contributed by atoms with van der Waals surface area (Å²) >= 11 is 2.52. The predicted octanol–water partition coefficient (Wildman–Crippen LogP) is 4.13.